The summed E-state index contributed by atoms with van der Waals surface area (Å²) in [6.45, 7) is 2.53. The Balaban J connectivity index is 1.31. The molecule has 1 aliphatic heterocycles. The van der Waals surface area contributed by atoms with Crippen LogP contribution in [-0.4, -0.2) is 56.7 Å². The normalized spacial score (nSPS) is 14.4. The van der Waals surface area contributed by atoms with E-state index in [1.54, 1.807) is 29.4 Å². The number of hydrogen-bond donors (Lipinski definition) is 0. The van der Waals surface area contributed by atoms with Crippen LogP contribution in [0.4, 0.5) is 5.82 Å². The van der Waals surface area contributed by atoms with E-state index in [-0.39, 0.29) is 5.91 Å². The summed E-state index contributed by atoms with van der Waals surface area (Å²) < 4.78 is 1.76. The number of benzene rings is 2. The van der Waals surface area contributed by atoms with Crippen LogP contribution in [0.15, 0.2) is 67.1 Å². The van der Waals surface area contributed by atoms with Crippen LogP contribution in [0, 0.1) is 0 Å². The van der Waals surface area contributed by atoms with Gasteiger partial charge in [0, 0.05) is 42.3 Å². The lowest BCUT2D eigenvalue weighted by atomic mass is 10.2. The highest BCUT2D eigenvalue weighted by molar-refractivity contribution is 6.32. The molecule has 0 spiro atoms. The zero-order valence-corrected chi connectivity index (χ0v) is 19.1. The fraction of sp³-hybridized carbons (Fsp3) is 0.167. The second-order valence-corrected chi connectivity index (χ2v) is 8.48. The van der Waals surface area contributed by atoms with Crippen LogP contribution < -0.4 is 4.90 Å². The highest BCUT2D eigenvalue weighted by atomic mass is 35.5. The van der Waals surface area contributed by atoms with Gasteiger partial charge >= 0.3 is 0 Å². The predicted molar refractivity (Wildman–Crippen MR) is 131 cm³/mol. The number of hydrogen-bond acceptors (Lipinski definition) is 5. The van der Waals surface area contributed by atoms with E-state index >= 15 is 0 Å². The van der Waals surface area contributed by atoms with Crippen LogP contribution in [0.2, 0.25) is 10.0 Å². The van der Waals surface area contributed by atoms with Crippen molar-refractivity contribution in [3.05, 3.63) is 82.7 Å². The molecule has 7 nitrogen and oxygen atoms in total. The third-order valence-corrected chi connectivity index (χ3v) is 6.18. The predicted octanol–water partition coefficient (Wildman–Crippen LogP) is 4.48. The van der Waals surface area contributed by atoms with E-state index in [2.05, 4.69) is 20.0 Å². The molecule has 1 saturated heterocycles. The lowest BCUT2D eigenvalue weighted by molar-refractivity contribution is -0.126. The minimum absolute atomic E-state index is 0.0313. The molecule has 4 aromatic rings. The fourth-order valence-corrected chi connectivity index (χ4v) is 4.28. The smallest absolute Gasteiger partial charge is 0.246 e. The van der Waals surface area contributed by atoms with E-state index in [4.69, 9.17) is 23.2 Å². The number of halogens is 2. The molecule has 0 atom stereocenters. The fourth-order valence-electron chi connectivity index (χ4n) is 3.90. The molecule has 9 heteroatoms. The Morgan fingerprint density at radius 3 is 2.58 bits per heavy atom. The molecule has 1 amide bonds. The molecule has 2 aromatic carbocycles. The standard InChI is InChI=1S/C24H20Cl2N6O/c25-18-5-3-6-19(14-18)32-24-20(15-29-32)23(27-16-28-24)31-12-10-30(11-13-31)22(33)9-8-17-4-1-2-7-21(17)26/h1-9,14-16H,10-13H2/b9-8+. The first-order valence-corrected chi connectivity index (χ1v) is 11.3. The van der Waals surface area contributed by atoms with Crippen LogP contribution >= 0.6 is 23.2 Å². The van der Waals surface area contributed by atoms with Crippen molar-refractivity contribution >= 4 is 52.0 Å². The van der Waals surface area contributed by atoms with Crippen LogP contribution in [0.1, 0.15) is 5.56 Å². The number of nitrogens with zero attached hydrogens (tertiary/aromatic N) is 6. The molecule has 33 heavy (non-hydrogen) atoms. The van der Waals surface area contributed by atoms with Gasteiger partial charge in [-0.05, 0) is 35.9 Å². The van der Waals surface area contributed by atoms with Crippen molar-refractivity contribution in [1.82, 2.24) is 24.6 Å². The van der Waals surface area contributed by atoms with Gasteiger partial charge in [-0.2, -0.15) is 5.10 Å². The van der Waals surface area contributed by atoms with Crippen LogP contribution in [0.5, 0.6) is 0 Å². The average molecular weight is 479 g/mol. The number of piperazine rings is 1. The maximum Gasteiger partial charge on any atom is 0.246 e. The maximum atomic E-state index is 12.7. The minimum Gasteiger partial charge on any atom is -0.352 e. The molecule has 2 aromatic heterocycles. The van der Waals surface area contributed by atoms with Gasteiger partial charge in [-0.25, -0.2) is 14.6 Å². The number of fused-ring (bicyclic) bond motifs is 1. The zero-order chi connectivity index (χ0) is 22.8. The van der Waals surface area contributed by atoms with E-state index < -0.39 is 0 Å². The number of anilines is 1. The summed E-state index contributed by atoms with van der Waals surface area (Å²) in [7, 11) is 0. The number of carbonyl (C=O) groups excluding carboxylic acids is 1. The highest BCUT2D eigenvalue weighted by Gasteiger charge is 2.23. The van der Waals surface area contributed by atoms with Crippen molar-refractivity contribution in [3.63, 3.8) is 0 Å². The Labute approximate surface area is 200 Å². The summed E-state index contributed by atoms with van der Waals surface area (Å²) in [5, 5.41) is 6.62. The van der Waals surface area contributed by atoms with Gasteiger partial charge in [-0.1, -0.05) is 47.5 Å². The van der Waals surface area contributed by atoms with Gasteiger partial charge in [0.1, 0.15) is 12.1 Å². The summed E-state index contributed by atoms with van der Waals surface area (Å²) in [6.07, 6.45) is 6.66. The van der Waals surface area contributed by atoms with Gasteiger partial charge in [0.15, 0.2) is 5.65 Å². The average Bonchev–Trinajstić information content (AvgIpc) is 3.28. The first-order valence-electron chi connectivity index (χ1n) is 10.5. The number of aromatic nitrogens is 4. The first-order chi connectivity index (χ1) is 16.1. The summed E-state index contributed by atoms with van der Waals surface area (Å²) >= 11 is 12.3. The van der Waals surface area contributed by atoms with Gasteiger partial charge < -0.3 is 9.80 Å². The molecule has 0 unspecified atom stereocenters. The molecule has 0 saturated carbocycles. The maximum absolute atomic E-state index is 12.7. The van der Waals surface area contributed by atoms with Crippen molar-refractivity contribution in [2.24, 2.45) is 0 Å². The second kappa shape index (κ2) is 9.21. The molecular weight excluding hydrogens is 459 g/mol. The largest absolute Gasteiger partial charge is 0.352 e. The molecule has 5 rings (SSSR count). The van der Waals surface area contributed by atoms with Crippen molar-refractivity contribution in [3.8, 4) is 5.69 Å². The summed E-state index contributed by atoms with van der Waals surface area (Å²) in [6, 6.07) is 14.9. The van der Waals surface area contributed by atoms with Gasteiger partial charge in [0.05, 0.1) is 17.3 Å². The third-order valence-electron chi connectivity index (χ3n) is 5.60. The minimum atomic E-state index is -0.0313. The van der Waals surface area contributed by atoms with Crippen molar-refractivity contribution in [1.29, 1.82) is 0 Å². The number of amides is 1. The summed E-state index contributed by atoms with van der Waals surface area (Å²) in [5.41, 5.74) is 2.37. The van der Waals surface area contributed by atoms with E-state index in [0.717, 1.165) is 22.5 Å². The number of carbonyl (C=O) groups is 1. The van der Waals surface area contributed by atoms with Gasteiger partial charge in [-0.3, -0.25) is 4.79 Å². The Morgan fingerprint density at radius 2 is 1.79 bits per heavy atom. The van der Waals surface area contributed by atoms with E-state index in [1.807, 2.05) is 53.4 Å². The Morgan fingerprint density at radius 1 is 0.970 bits per heavy atom. The Bertz CT molecular complexity index is 1340. The summed E-state index contributed by atoms with van der Waals surface area (Å²) in [4.78, 5) is 25.6. The summed E-state index contributed by atoms with van der Waals surface area (Å²) in [5.74, 6) is 0.781. The molecule has 0 aliphatic carbocycles. The molecule has 166 valence electrons. The topological polar surface area (TPSA) is 67.2 Å². The van der Waals surface area contributed by atoms with E-state index in [0.29, 0.717) is 41.9 Å². The molecule has 0 N–H and O–H groups in total. The molecule has 0 bridgehead atoms. The molecule has 1 aliphatic rings. The first kappa shape index (κ1) is 21.4. The van der Waals surface area contributed by atoms with Crippen molar-refractivity contribution < 1.29 is 4.79 Å². The molecular formula is C24H20Cl2N6O. The highest BCUT2D eigenvalue weighted by Crippen LogP contribution is 2.26. The van der Waals surface area contributed by atoms with Crippen LogP contribution in [-0.2, 0) is 4.79 Å². The second-order valence-electron chi connectivity index (χ2n) is 7.64. The molecule has 3 heterocycles. The SMILES string of the molecule is O=C(/C=C/c1ccccc1Cl)N1CCN(c2ncnc3c2cnn3-c2cccc(Cl)c2)CC1. The number of rotatable bonds is 4. The Kier molecular flexibility index (Phi) is 5.98. The van der Waals surface area contributed by atoms with Crippen molar-refractivity contribution in [2.45, 2.75) is 0 Å². The van der Waals surface area contributed by atoms with Gasteiger partial charge in [0.2, 0.25) is 5.91 Å². The zero-order valence-electron chi connectivity index (χ0n) is 17.6. The van der Waals surface area contributed by atoms with Crippen LogP contribution in [0.3, 0.4) is 0 Å². The monoisotopic (exact) mass is 478 g/mol. The van der Waals surface area contributed by atoms with Gasteiger partial charge in [-0.15, -0.1) is 0 Å². The molecule has 1 fully saturated rings. The van der Waals surface area contributed by atoms with Gasteiger partial charge in [0.25, 0.3) is 0 Å². The lowest BCUT2D eigenvalue weighted by Crippen LogP contribution is -2.48. The van der Waals surface area contributed by atoms with Crippen molar-refractivity contribution in [2.75, 3.05) is 31.1 Å². The Hall–Kier alpha value is -3.42. The third kappa shape index (κ3) is 4.42. The quantitative estimate of drug-likeness (QED) is 0.404. The van der Waals surface area contributed by atoms with E-state index in [1.165, 1.54) is 0 Å². The molecule has 0 radical (unpaired) electrons. The van der Waals surface area contributed by atoms with E-state index in [9.17, 15) is 4.79 Å². The lowest BCUT2D eigenvalue weighted by Gasteiger charge is -2.35. The van der Waals surface area contributed by atoms with Crippen LogP contribution in [0.25, 0.3) is 22.8 Å².